The summed E-state index contributed by atoms with van der Waals surface area (Å²) in [6.45, 7) is 1.48. The predicted molar refractivity (Wildman–Crippen MR) is 105 cm³/mol. The number of quaternary nitrogens is 1. The van der Waals surface area contributed by atoms with E-state index in [1.807, 2.05) is 36.4 Å². The molecule has 0 aliphatic heterocycles. The molecule has 2 N–H and O–H groups in total. The number of hydrogen-bond acceptors (Lipinski definition) is 2. The number of amides is 1. The second-order valence-electron chi connectivity index (χ2n) is 6.78. The fraction of sp³-hybridized carbons (Fsp3) is 0.227. The number of hydrogen-bond donors (Lipinski definition) is 2. The van der Waals surface area contributed by atoms with Gasteiger partial charge in [0.1, 0.15) is 12.3 Å². The molecule has 0 aromatic heterocycles. The summed E-state index contributed by atoms with van der Waals surface area (Å²) in [4.78, 5) is 14.0. The Morgan fingerprint density at radius 3 is 2.19 bits per heavy atom. The molecular weight excluding hydrogens is 324 g/mol. The van der Waals surface area contributed by atoms with Gasteiger partial charge >= 0.3 is 0 Å². The first-order chi connectivity index (χ1) is 12.6. The minimum absolute atomic E-state index is 0.130. The van der Waals surface area contributed by atoms with Gasteiger partial charge in [-0.05, 0) is 28.5 Å². The summed E-state index contributed by atoms with van der Waals surface area (Å²) < 4.78 is 5.42. The molecule has 134 valence electrons. The molecule has 0 radical (unpaired) electrons. The van der Waals surface area contributed by atoms with Gasteiger partial charge in [0.05, 0.1) is 26.8 Å². The zero-order valence-electron chi connectivity index (χ0n) is 15.5. The summed E-state index contributed by atoms with van der Waals surface area (Å²) in [5.41, 5.74) is 2.92. The Balaban J connectivity index is 1.72. The van der Waals surface area contributed by atoms with E-state index < -0.39 is 0 Å². The van der Waals surface area contributed by atoms with E-state index in [0.717, 1.165) is 22.9 Å². The average molecular weight is 349 g/mol. The second-order valence-corrected chi connectivity index (χ2v) is 6.78. The molecule has 0 bridgehead atoms. The van der Waals surface area contributed by atoms with Crippen molar-refractivity contribution in [2.24, 2.45) is 0 Å². The number of nitrogens with one attached hydrogen (secondary N) is 2. The highest BCUT2D eigenvalue weighted by atomic mass is 16.5. The van der Waals surface area contributed by atoms with Gasteiger partial charge in [0, 0.05) is 12.1 Å². The van der Waals surface area contributed by atoms with Crippen LogP contribution in [0.2, 0.25) is 0 Å². The maximum absolute atomic E-state index is 12.7. The van der Waals surface area contributed by atoms with Gasteiger partial charge in [-0.15, -0.1) is 0 Å². The van der Waals surface area contributed by atoms with E-state index in [9.17, 15) is 4.79 Å². The fourth-order valence-electron chi connectivity index (χ4n) is 3.03. The monoisotopic (exact) mass is 349 g/mol. The van der Waals surface area contributed by atoms with E-state index in [-0.39, 0.29) is 5.91 Å². The molecule has 26 heavy (non-hydrogen) atoms. The molecule has 0 saturated heterocycles. The summed E-state index contributed by atoms with van der Waals surface area (Å²) >= 11 is 0. The Kier molecular flexibility index (Phi) is 5.54. The Bertz CT molecular complexity index is 902. The first kappa shape index (κ1) is 18.0. The molecule has 3 aromatic rings. The van der Waals surface area contributed by atoms with Crippen LogP contribution in [-0.2, 0) is 13.1 Å². The first-order valence-corrected chi connectivity index (χ1v) is 8.78. The molecule has 0 heterocycles. The Morgan fingerprint density at radius 2 is 1.58 bits per heavy atom. The van der Waals surface area contributed by atoms with E-state index in [4.69, 9.17) is 4.74 Å². The van der Waals surface area contributed by atoms with Gasteiger partial charge in [-0.2, -0.15) is 0 Å². The molecule has 1 amide bonds. The largest absolute Gasteiger partial charge is 0.496 e. The van der Waals surface area contributed by atoms with Crippen LogP contribution in [0.1, 0.15) is 21.5 Å². The summed E-state index contributed by atoms with van der Waals surface area (Å²) in [5, 5.41) is 5.07. The maximum Gasteiger partial charge on any atom is 0.255 e. The molecule has 4 heteroatoms. The van der Waals surface area contributed by atoms with Gasteiger partial charge in [-0.25, -0.2) is 0 Å². The quantitative estimate of drug-likeness (QED) is 0.718. The number of benzene rings is 3. The van der Waals surface area contributed by atoms with Crippen molar-refractivity contribution < 1.29 is 14.4 Å². The van der Waals surface area contributed by atoms with Gasteiger partial charge in [-0.3, -0.25) is 4.79 Å². The number of carbonyl (C=O) groups excluding carboxylic acids is 1. The van der Waals surface area contributed by atoms with Crippen LogP contribution in [0.15, 0.2) is 60.7 Å². The minimum Gasteiger partial charge on any atom is -0.496 e. The van der Waals surface area contributed by atoms with E-state index in [1.165, 1.54) is 10.5 Å². The molecule has 3 rings (SSSR count). The normalized spacial score (nSPS) is 10.9. The maximum atomic E-state index is 12.7. The lowest BCUT2D eigenvalue weighted by atomic mass is 10.1. The fourth-order valence-corrected chi connectivity index (χ4v) is 3.03. The first-order valence-electron chi connectivity index (χ1n) is 8.78. The van der Waals surface area contributed by atoms with Crippen molar-refractivity contribution in [1.29, 1.82) is 0 Å². The van der Waals surface area contributed by atoms with Crippen LogP contribution in [-0.4, -0.2) is 27.1 Å². The van der Waals surface area contributed by atoms with Gasteiger partial charge in [0.15, 0.2) is 0 Å². The van der Waals surface area contributed by atoms with Crippen LogP contribution >= 0.6 is 0 Å². The van der Waals surface area contributed by atoms with E-state index in [1.54, 1.807) is 7.11 Å². The number of rotatable bonds is 6. The van der Waals surface area contributed by atoms with Crippen molar-refractivity contribution in [2.45, 2.75) is 13.1 Å². The number of ether oxygens (including phenoxy) is 1. The predicted octanol–water partition coefficient (Wildman–Crippen LogP) is 2.42. The van der Waals surface area contributed by atoms with Crippen LogP contribution in [0.4, 0.5) is 0 Å². The van der Waals surface area contributed by atoms with Gasteiger partial charge < -0.3 is 15.0 Å². The molecular formula is C22H25N2O2+. The van der Waals surface area contributed by atoms with Crippen LogP contribution < -0.4 is 15.0 Å². The SMILES string of the molecule is COc1cc2ccccc2cc1C(=O)NCc1ccc(C[NH+](C)C)cc1. The number of fused-ring (bicyclic) bond motifs is 1. The van der Waals surface area contributed by atoms with Crippen LogP contribution in [0, 0.1) is 0 Å². The third kappa shape index (κ3) is 4.21. The van der Waals surface area contributed by atoms with E-state index >= 15 is 0 Å². The van der Waals surface area contributed by atoms with Gasteiger partial charge in [0.25, 0.3) is 5.91 Å². The van der Waals surface area contributed by atoms with E-state index in [0.29, 0.717) is 17.9 Å². The molecule has 0 spiro atoms. The van der Waals surface area contributed by atoms with Crippen molar-refractivity contribution in [3.8, 4) is 5.75 Å². The summed E-state index contributed by atoms with van der Waals surface area (Å²) in [6, 6.07) is 20.1. The highest BCUT2D eigenvalue weighted by molar-refractivity contribution is 6.01. The van der Waals surface area contributed by atoms with Gasteiger partial charge in [0.2, 0.25) is 0 Å². The van der Waals surface area contributed by atoms with Gasteiger partial charge in [-0.1, -0.05) is 48.5 Å². The topological polar surface area (TPSA) is 42.8 Å². The van der Waals surface area contributed by atoms with Crippen LogP contribution in [0.5, 0.6) is 5.75 Å². The smallest absolute Gasteiger partial charge is 0.255 e. The minimum atomic E-state index is -0.130. The molecule has 0 saturated carbocycles. The summed E-state index contributed by atoms with van der Waals surface area (Å²) in [7, 11) is 5.85. The standard InChI is InChI=1S/C22H24N2O2/c1-24(2)15-17-10-8-16(9-11-17)14-23-22(25)20-12-18-6-4-5-7-19(18)13-21(20)26-3/h4-13H,14-15H2,1-3H3,(H,23,25)/p+1. The van der Waals surface area contributed by atoms with Crippen molar-refractivity contribution >= 4 is 16.7 Å². The van der Waals surface area contributed by atoms with Crippen molar-refractivity contribution in [3.63, 3.8) is 0 Å². The molecule has 0 aliphatic carbocycles. The van der Waals surface area contributed by atoms with Crippen molar-refractivity contribution in [3.05, 3.63) is 77.4 Å². The summed E-state index contributed by atoms with van der Waals surface area (Å²) in [6.07, 6.45) is 0. The zero-order chi connectivity index (χ0) is 18.5. The average Bonchev–Trinajstić information content (AvgIpc) is 2.65. The highest BCUT2D eigenvalue weighted by Gasteiger charge is 2.13. The lowest BCUT2D eigenvalue weighted by molar-refractivity contribution is -0.872. The van der Waals surface area contributed by atoms with Crippen LogP contribution in [0.25, 0.3) is 10.8 Å². The lowest BCUT2D eigenvalue weighted by Gasteiger charge is -2.12. The third-order valence-corrected chi connectivity index (χ3v) is 4.35. The molecule has 0 fully saturated rings. The number of methoxy groups -OCH3 is 1. The second kappa shape index (κ2) is 8.02. The molecule has 3 aromatic carbocycles. The molecule has 0 aliphatic rings. The van der Waals surface area contributed by atoms with Crippen molar-refractivity contribution in [1.82, 2.24) is 5.32 Å². The zero-order valence-corrected chi connectivity index (χ0v) is 15.5. The summed E-state index contributed by atoms with van der Waals surface area (Å²) in [5.74, 6) is 0.458. The lowest BCUT2D eigenvalue weighted by Crippen LogP contribution is -3.04. The van der Waals surface area contributed by atoms with E-state index in [2.05, 4.69) is 43.7 Å². The third-order valence-electron chi connectivity index (χ3n) is 4.35. The highest BCUT2D eigenvalue weighted by Crippen LogP contribution is 2.26. The Morgan fingerprint density at radius 1 is 0.962 bits per heavy atom. The Labute approximate surface area is 154 Å². The van der Waals surface area contributed by atoms with Crippen LogP contribution in [0.3, 0.4) is 0 Å². The van der Waals surface area contributed by atoms with Crippen molar-refractivity contribution in [2.75, 3.05) is 21.2 Å². The molecule has 4 nitrogen and oxygen atoms in total. The molecule has 0 atom stereocenters. The molecule has 0 unspecified atom stereocenters. The Hall–Kier alpha value is -2.85. The number of carbonyl (C=O) groups is 1.